The molecule has 0 unspecified atom stereocenters. The van der Waals surface area contributed by atoms with E-state index < -0.39 is 0 Å². The van der Waals surface area contributed by atoms with Crippen molar-refractivity contribution in [2.24, 2.45) is 5.73 Å². The van der Waals surface area contributed by atoms with Gasteiger partial charge in [-0.3, -0.25) is 0 Å². The van der Waals surface area contributed by atoms with Gasteiger partial charge in [0.25, 0.3) is 0 Å². The molecule has 2 N–H and O–H groups in total. The smallest absolute Gasteiger partial charge is 0.122 e. The summed E-state index contributed by atoms with van der Waals surface area (Å²) in [5.74, 6) is 0.987. The zero-order chi connectivity index (χ0) is 11.4. The van der Waals surface area contributed by atoms with E-state index in [1.807, 2.05) is 0 Å². The summed E-state index contributed by atoms with van der Waals surface area (Å²) >= 11 is 0. The van der Waals surface area contributed by atoms with Crippen LogP contribution in [-0.4, -0.2) is 13.7 Å². The Morgan fingerprint density at radius 2 is 2.00 bits per heavy atom. The zero-order valence-electron chi connectivity index (χ0n) is 9.79. The van der Waals surface area contributed by atoms with E-state index in [0.717, 1.165) is 44.8 Å². The molecule has 0 fully saturated rings. The number of methoxy groups -OCH3 is 1. The van der Waals surface area contributed by atoms with Crippen LogP contribution in [0.2, 0.25) is 0 Å². The lowest BCUT2D eigenvalue weighted by Gasteiger charge is -2.10. The van der Waals surface area contributed by atoms with Gasteiger partial charge in [-0.25, -0.2) is 0 Å². The number of unbranched alkanes of at least 4 members (excludes halogenated alkanes) is 1. The molecule has 0 saturated carbocycles. The van der Waals surface area contributed by atoms with Gasteiger partial charge in [0.1, 0.15) is 5.75 Å². The van der Waals surface area contributed by atoms with Crippen molar-refractivity contribution in [1.82, 2.24) is 0 Å². The van der Waals surface area contributed by atoms with E-state index >= 15 is 0 Å². The van der Waals surface area contributed by atoms with Crippen molar-refractivity contribution >= 4 is 0 Å². The number of rotatable bonds is 5. The highest BCUT2D eigenvalue weighted by Gasteiger charge is 2.15. The van der Waals surface area contributed by atoms with Crippen LogP contribution < -0.4 is 10.5 Å². The predicted octanol–water partition coefficient (Wildman–Crippen LogP) is 2.01. The Bertz CT molecular complexity index is 363. The van der Waals surface area contributed by atoms with Crippen LogP contribution in [0, 0.1) is 0 Å². The van der Waals surface area contributed by atoms with Crippen molar-refractivity contribution in [1.29, 1.82) is 0 Å². The summed E-state index contributed by atoms with van der Waals surface area (Å²) in [7, 11) is 1.73. The summed E-state index contributed by atoms with van der Waals surface area (Å²) in [6.07, 6.45) is 3.22. The first-order valence-corrected chi connectivity index (χ1v) is 5.81. The molecule has 1 aliphatic heterocycles. The quantitative estimate of drug-likeness (QED) is 0.773. The second kappa shape index (κ2) is 5.32. The molecule has 1 heterocycles. The third kappa shape index (κ3) is 2.36. The van der Waals surface area contributed by atoms with Crippen molar-refractivity contribution in [3.05, 3.63) is 28.8 Å². The molecule has 88 valence electrons. The fourth-order valence-electron chi connectivity index (χ4n) is 2.10. The predicted molar refractivity (Wildman–Crippen MR) is 63.5 cm³/mol. The fraction of sp³-hybridized carbons (Fsp3) is 0.538. The van der Waals surface area contributed by atoms with Crippen LogP contribution in [0.1, 0.15) is 29.5 Å². The standard InChI is InChI=1S/C13H19NO2/c1-15-13-7-12-9-16-8-11(12)6-10(13)4-2-3-5-14/h6-7H,2-5,8-9,14H2,1H3. The first-order valence-electron chi connectivity index (χ1n) is 5.81. The Labute approximate surface area is 96.5 Å². The molecule has 1 aromatic carbocycles. The summed E-state index contributed by atoms with van der Waals surface area (Å²) in [5, 5.41) is 0. The molecule has 0 aliphatic carbocycles. The monoisotopic (exact) mass is 221 g/mol. The highest BCUT2D eigenvalue weighted by atomic mass is 16.5. The van der Waals surface area contributed by atoms with Gasteiger partial charge in [0.15, 0.2) is 0 Å². The van der Waals surface area contributed by atoms with E-state index in [-0.39, 0.29) is 0 Å². The Morgan fingerprint density at radius 3 is 2.69 bits per heavy atom. The van der Waals surface area contributed by atoms with E-state index in [1.165, 1.54) is 16.7 Å². The SMILES string of the molecule is COc1cc2c(cc1CCCCN)COC2. The molecule has 2 rings (SSSR count). The van der Waals surface area contributed by atoms with Crippen LogP contribution in [0.3, 0.4) is 0 Å². The van der Waals surface area contributed by atoms with Crippen LogP contribution in [0.15, 0.2) is 12.1 Å². The van der Waals surface area contributed by atoms with Gasteiger partial charge in [-0.15, -0.1) is 0 Å². The minimum atomic E-state index is 0.717. The number of aryl methyl sites for hydroxylation is 1. The molecular formula is C13H19NO2. The maximum absolute atomic E-state index is 5.50. The molecule has 0 aromatic heterocycles. The highest BCUT2D eigenvalue weighted by Crippen LogP contribution is 2.29. The number of ether oxygens (including phenoxy) is 2. The Balaban J connectivity index is 2.15. The largest absolute Gasteiger partial charge is 0.496 e. The fourth-order valence-corrected chi connectivity index (χ4v) is 2.10. The summed E-state index contributed by atoms with van der Waals surface area (Å²) in [6.45, 7) is 2.22. The van der Waals surface area contributed by atoms with Crippen LogP contribution in [-0.2, 0) is 24.4 Å². The van der Waals surface area contributed by atoms with Crippen molar-refractivity contribution < 1.29 is 9.47 Å². The average Bonchev–Trinajstić information content (AvgIpc) is 2.75. The third-order valence-electron chi connectivity index (χ3n) is 3.02. The van der Waals surface area contributed by atoms with Crippen molar-refractivity contribution in [2.45, 2.75) is 32.5 Å². The highest BCUT2D eigenvalue weighted by molar-refractivity contribution is 5.43. The zero-order valence-corrected chi connectivity index (χ0v) is 9.79. The van der Waals surface area contributed by atoms with Gasteiger partial charge in [0.05, 0.1) is 20.3 Å². The van der Waals surface area contributed by atoms with Crippen LogP contribution >= 0.6 is 0 Å². The molecule has 3 heteroatoms. The van der Waals surface area contributed by atoms with E-state index in [9.17, 15) is 0 Å². The number of hydrogen-bond donors (Lipinski definition) is 1. The van der Waals surface area contributed by atoms with Gasteiger partial charge in [-0.05, 0) is 54.6 Å². The number of benzene rings is 1. The topological polar surface area (TPSA) is 44.5 Å². The van der Waals surface area contributed by atoms with Crippen molar-refractivity contribution in [2.75, 3.05) is 13.7 Å². The van der Waals surface area contributed by atoms with E-state index in [1.54, 1.807) is 7.11 Å². The maximum Gasteiger partial charge on any atom is 0.122 e. The van der Waals surface area contributed by atoms with Gasteiger partial charge in [-0.1, -0.05) is 0 Å². The van der Waals surface area contributed by atoms with Gasteiger partial charge in [-0.2, -0.15) is 0 Å². The van der Waals surface area contributed by atoms with E-state index in [4.69, 9.17) is 15.2 Å². The molecule has 0 bridgehead atoms. The van der Waals surface area contributed by atoms with E-state index in [2.05, 4.69) is 12.1 Å². The third-order valence-corrected chi connectivity index (χ3v) is 3.02. The Morgan fingerprint density at radius 1 is 1.25 bits per heavy atom. The van der Waals surface area contributed by atoms with Gasteiger partial charge < -0.3 is 15.2 Å². The molecule has 1 aliphatic rings. The van der Waals surface area contributed by atoms with Gasteiger partial charge >= 0.3 is 0 Å². The molecule has 1 aromatic rings. The number of nitrogens with two attached hydrogens (primary N) is 1. The van der Waals surface area contributed by atoms with Gasteiger partial charge in [0.2, 0.25) is 0 Å². The normalized spacial score (nSPS) is 13.9. The molecule has 16 heavy (non-hydrogen) atoms. The minimum Gasteiger partial charge on any atom is -0.496 e. The lowest BCUT2D eigenvalue weighted by molar-refractivity contribution is 0.134. The lowest BCUT2D eigenvalue weighted by atomic mass is 10.0. The van der Waals surface area contributed by atoms with Crippen molar-refractivity contribution in [3.8, 4) is 5.75 Å². The molecule has 0 amide bonds. The van der Waals surface area contributed by atoms with Gasteiger partial charge in [0, 0.05) is 0 Å². The van der Waals surface area contributed by atoms with Crippen molar-refractivity contribution in [3.63, 3.8) is 0 Å². The second-order valence-corrected chi connectivity index (χ2v) is 4.17. The molecule has 0 saturated heterocycles. The molecule has 0 atom stereocenters. The molecule has 0 radical (unpaired) electrons. The van der Waals surface area contributed by atoms with E-state index in [0.29, 0.717) is 0 Å². The van der Waals surface area contributed by atoms with Crippen LogP contribution in [0.25, 0.3) is 0 Å². The first-order chi connectivity index (χ1) is 7.85. The summed E-state index contributed by atoms with van der Waals surface area (Å²) < 4.78 is 10.8. The average molecular weight is 221 g/mol. The van der Waals surface area contributed by atoms with Crippen LogP contribution in [0.4, 0.5) is 0 Å². The second-order valence-electron chi connectivity index (χ2n) is 4.17. The number of fused-ring (bicyclic) bond motifs is 1. The molecule has 0 spiro atoms. The Hall–Kier alpha value is -1.06. The first kappa shape index (κ1) is 11.4. The molecule has 3 nitrogen and oxygen atoms in total. The Kier molecular flexibility index (Phi) is 3.80. The lowest BCUT2D eigenvalue weighted by Crippen LogP contribution is -2.00. The number of hydrogen-bond acceptors (Lipinski definition) is 3. The summed E-state index contributed by atoms with van der Waals surface area (Å²) in [6, 6.07) is 4.33. The van der Waals surface area contributed by atoms with Crippen LogP contribution in [0.5, 0.6) is 5.75 Å². The summed E-state index contributed by atoms with van der Waals surface area (Å²) in [4.78, 5) is 0. The molecular weight excluding hydrogens is 202 g/mol. The summed E-state index contributed by atoms with van der Waals surface area (Å²) in [5.41, 5.74) is 9.35. The maximum atomic E-state index is 5.50. The minimum absolute atomic E-state index is 0.717.